The average Bonchev–Trinajstić information content (AvgIpc) is 2.87. The molecule has 0 aliphatic carbocycles. The Bertz CT molecular complexity index is 1390. The fourth-order valence-corrected chi connectivity index (χ4v) is 5.01. The fraction of sp³-hybridized carbons (Fsp3) is 0.148. The Hall–Kier alpha value is -3.68. The van der Waals surface area contributed by atoms with E-state index in [-0.39, 0.29) is 17.9 Å². The van der Waals surface area contributed by atoms with Crippen molar-refractivity contribution in [1.29, 1.82) is 0 Å². The van der Waals surface area contributed by atoms with Crippen LogP contribution in [0.5, 0.6) is 5.75 Å². The predicted octanol–water partition coefficient (Wildman–Crippen LogP) is 4.05. The molecule has 1 atom stereocenters. The number of fused-ring (bicyclic) bond motifs is 1. The molecule has 2 N–H and O–H groups in total. The molecule has 174 valence electrons. The summed E-state index contributed by atoms with van der Waals surface area (Å²) in [5.74, 6) is 0.235. The van der Waals surface area contributed by atoms with Crippen LogP contribution in [-0.2, 0) is 27.8 Å². The third kappa shape index (κ3) is 5.62. The molecule has 0 saturated heterocycles. The van der Waals surface area contributed by atoms with Gasteiger partial charge in [-0.15, -0.1) is 0 Å². The zero-order chi connectivity index (χ0) is 24.0. The largest absolute Gasteiger partial charge is 0.496 e. The highest BCUT2D eigenvalue weighted by atomic mass is 32.2. The third-order valence-corrected chi connectivity index (χ3v) is 7.04. The molecule has 0 bridgehead atoms. The number of rotatable bonds is 9. The van der Waals surface area contributed by atoms with Gasteiger partial charge < -0.3 is 10.1 Å². The predicted molar refractivity (Wildman–Crippen MR) is 133 cm³/mol. The maximum absolute atomic E-state index is 13.2. The standard InChI is InChI=1S/C27H26N2O4S/c1-33-26-14-8-7-13-23(26)19-28-27(30)25(17-20-9-3-2-4-10-20)29-34(31,32)24-16-15-21-11-5-6-12-22(21)18-24/h2-16,18,25,29H,17,19H2,1H3,(H,28,30). The SMILES string of the molecule is COc1ccccc1CNC(=O)C(Cc1ccccc1)NS(=O)(=O)c1ccc2ccccc2c1. The number of sulfonamides is 1. The van der Waals surface area contributed by atoms with Crippen LogP contribution in [0.3, 0.4) is 0 Å². The van der Waals surface area contributed by atoms with Gasteiger partial charge in [-0.05, 0) is 41.0 Å². The van der Waals surface area contributed by atoms with Crippen LogP contribution in [0.25, 0.3) is 10.8 Å². The van der Waals surface area contributed by atoms with Gasteiger partial charge in [-0.2, -0.15) is 4.72 Å². The Kier molecular flexibility index (Phi) is 7.25. The lowest BCUT2D eigenvalue weighted by atomic mass is 10.1. The van der Waals surface area contributed by atoms with Gasteiger partial charge in [-0.3, -0.25) is 4.79 Å². The summed E-state index contributed by atoms with van der Waals surface area (Å²) in [5.41, 5.74) is 1.65. The molecule has 1 amide bonds. The number of amides is 1. The first kappa shape index (κ1) is 23.5. The Labute approximate surface area is 199 Å². The van der Waals surface area contributed by atoms with E-state index in [1.165, 1.54) is 0 Å². The molecule has 0 aliphatic heterocycles. The molecular weight excluding hydrogens is 448 g/mol. The number of ether oxygens (including phenoxy) is 1. The van der Waals surface area contributed by atoms with Crippen molar-refractivity contribution in [3.05, 3.63) is 108 Å². The summed E-state index contributed by atoms with van der Waals surface area (Å²) in [6.45, 7) is 0.214. The summed E-state index contributed by atoms with van der Waals surface area (Å²) < 4.78 is 34.4. The Balaban J connectivity index is 1.57. The van der Waals surface area contributed by atoms with Crippen molar-refractivity contribution in [3.63, 3.8) is 0 Å². The minimum atomic E-state index is -3.95. The van der Waals surface area contributed by atoms with Gasteiger partial charge in [0.25, 0.3) is 0 Å². The van der Waals surface area contributed by atoms with Crippen LogP contribution in [0, 0.1) is 0 Å². The van der Waals surface area contributed by atoms with Crippen LogP contribution in [-0.4, -0.2) is 27.5 Å². The molecule has 4 rings (SSSR count). The van der Waals surface area contributed by atoms with Crippen molar-refractivity contribution in [1.82, 2.24) is 10.0 Å². The average molecular weight is 475 g/mol. The van der Waals surface area contributed by atoms with Gasteiger partial charge in [-0.1, -0.05) is 78.9 Å². The molecule has 0 spiro atoms. The maximum atomic E-state index is 13.2. The Morgan fingerprint density at radius 1 is 0.853 bits per heavy atom. The van der Waals surface area contributed by atoms with E-state index in [1.807, 2.05) is 78.9 Å². The van der Waals surface area contributed by atoms with Crippen molar-refractivity contribution in [2.24, 2.45) is 0 Å². The van der Waals surface area contributed by atoms with E-state index < -0.39 is 22.0 Å². The third-order valence-electron chi connectivity index (χ3n) is 5.57. The second-order valence-electron chi connectivity index (χ2n) is 7.90. The minimum Gasteiger partial charge on any atom is -0.496 e. The molecular formula is C27H26N2O4S. The van der Waals surface area contributed by atoms with E-state index in [9.17, 15) is 13.2 Å². The van der Waals surface area contributed by atoms with Crippen molar-refractivity contribution >= 4 is 26.7 Å². The normalized spacial score (nSPS) is 12.3. The molecule has 1 unspecified atom stereocenters. The molecule has 0 fully saturated rings. The van der Waals surface area contributed by atoms with Gasteiger partial charge in [0.05, 0.1) is 12.0 Å². The summed E-state index contributed by atoms with van der Waals surface area (Å²) in [6.07, 6.45) is 0.214. The molecule has 0 saturated carbocycles. The molecule has 0 aromatic heterocycles. The lowest BCUT2D eigenvalue weighted by molar-refractivity contribution is -0.122. The summed E-state index contributed by atoms with van der Waals surface area (Å²) in [5, 5.41) is 4.60. The number of hydrogen-bond donors (Lipinski definition) is 2. The van der Waals surface area contributed by atoms with Crippen LogP contribution >= 0.6 is 0 Å². The van der Waals surface area contributed by atoms with Gasteiger partial charge >= 0.3 is 0 Å². The van der Waals surface area contributed by atoms with Crippen molar-refractivity contribution < 1.29 is 17.9 Å². The van der Waals surface area contributed by atoms with Gasteiger partial charge in [0.1, 0.15) is 11.8 Å². The summed E-state index contributed by atoms with van der Waals surface area (Å²) in [4.78, 5) is 13.3. The smallest absolute Gasteiger partial charge is 0.241 e. The molecule has 34 heavy (non-hydrogen) atoms. The van der Waals surface area contributed by atoms with E-state index in [0.717, 1.165) is 21.9 Å². The monoisotopic (exact) mass is 474 g/mol. The van der Waals surface area contributed by atoms with Gasteiger partial charge in [-0.25, -0.2) is 8.42 Å². The van der Waals surface area contributed by atoms with Crippen LogP contribution in [0.2, 0.25) is 0 Å². The van der Waals surface area contributed by atoms with E-state index >= 15 is 0 Å². The first-order chi connectivity index (χ1) is 16.5. The van der Waals surface area contributed by atoms with Crippen molar-refractivity contribution in [2.75, 3.05) is 7.11 Å². The van der Waals surface area contributed by atoms with Crippen LogP contribution in [0.4, 0.5) is 0 Å². The van der Waals surface area contributed by atoms with E-state index in [1.54, 1.807) is 25.3 Å². The maximum Gasteiger partial charge on any atom is 0.241 e. The lowest BCUT2D eigenvalue weighted by Gasteiger charge is -2.19. The van der Waals surface area contributed by atoms with Gasteiger partial charge in [0.15, 0.2) is 0 Å². The zero-order valence-electron chi connectivity index (χ0n) is 18.8. The second kappa shape index (κ2) is 10.5. The number of methoxy groups -OCH3 is 1. The molecule has 4 aromatic rings. The quantitative estimate of drug-likeness (QED) is 0.383. The second-order valence-corrected chi connectivity index (χ2v) is 9.62. The molecule has 4 aromatic carbocycles. The number of carbonyl (C=O) groups is 1. The first-order valence-corrected chi connectivity index (χ1v) is 12.4. The molecule has 0 aliphatic rings. The van der Waals surface area contributed by atoms with Crippen LogP contribution in [0.1, 0.15) is 11.1 Å². The van der Waals surface area contributed by atoms with E-state index in [0.29, 0.717) is 5.75 Å². The van der Waals surface area contributed by atoms with Crippen molar-refractivity contribution in [3.8, 4) is 5.75 Å². The van der Waals surface area contributed by atoms with E-state index in [4.69, 9.17) is 4.74 Å². The minimum absolute atomic E-state index is 0.113. The Morgan fingerprint density at radius 3 is 2.29 bits per heavy atom. The Morgan fingerprint density at radius 2 is 1.53 bits per heavy atom. The summed E-state index contributed by atoms with van der Waals surface area (Å²) in [6, 6.07) is 28.2. The number of benzene rings is 4. The van der Waals surface area contributed by atoms with Crippen LogP contribution in [0.15, 0.2) is 102 Å². The first-order valence-electron chi connectivity index (χ1n) is 10.9. The molecule has 7 heteroatoms. The lowest BCUT2D eigenvalue weighted by Crippen LogP contribution is -2.47. The highest BCUT2D eigenvalue weighted by Crippen LogP contribution is 2.20. The number of nitrogens with one attached hydrogen (secondary N) is 2. The number of hydrogen-bond acceptors (Lipinski definition) is 4. The number of carbonyl (C=O) groups excluding carboxylic acids is 1. The topological polar surface area (TPSA) is 84.5 Å². The fourth-order valence-electron chi connectivity index (χ4n) is 3.78. The summed E-state index contributed by atoms with van der Waals surface area (Å²) in [7, 11) is -2.38. The molecule has 6 nitrogen and oxygen atoms in total. The van der Waals surface area contributed by atoms with Crippen LogP contribution < -0.4 is 14.8 Å². The molecule has 0 radical (unpaired) electrons. The highest BCUT2D eigenvalue weighted by Gasteiger charge is 2.26. The number of para-hydroxylation sites is 1. The van der Waals surface area contributed by atoms with E-state index in [2.05, 4.69) is 10.0 Å². The summed E-state index contributed by atoms with van der Waals surface area (Å²) >= 11 is 0. The zero-order valence-corrected chi connectivity index (χ0v) is 19.6. The van der Waals surface area contributed by atoms with Gasteiger partial charge in [0.2, 0.25) is 15.9 Å². The van der Waals surface area contributed by atoms with Gasteiger partial charge in [0, 0.05) is 12.1 Å². The highest BCUT2D eigenvalue weighted by molar-refractivity contribution is 7.89. The van der Waals surface area contributed by atoms with Crippen molar-refractivity contribution in [2.45, 2.75) is 23.9 Å². The molecule has 0 heterocycles.